The largest absolute Gasteiger partial charge is 0.390 e. The van der Waals surface area contributed by atoms with Gasteiger partial charge in [-0.3, -0.25) is 4.79 Å². The third-order valence-electron chi connectivity index (χ3n) is 6.78. The van der Waals surface area contributed by atoms with Gasteiger partial charge in [-0.25, -0.2) is 0 Å². The van der Waals surface area contributed by atoms with Crippen LogP contribution in [0.25, 0.3) is 0 Å². The Hall–Kier alpha value is -2.30. The molecule has 1 unspecified atom stereocenters. The van der Waals surface area contributed by atoms with Crippen LogP contribution in [0.2, 0.25) is 5.02 Å². The predicted molar refractivity (Wildman–Crippen MR) is 142 cm³/mol. The van der Waals surface area contributed by atoms with E-state index in [1.54, 1.807) is 35.6 Å². The van der Waals surface area contributed by atoms with Gasteiger partial charge in [-0.15, -0.1) is 11.3 Å². The SMILES string of the molecule is CCc1sc(N)c(C(=O)c2ccc(Cl)cc2)c1CCCC1CCCN(c2ccccc2)CC1. The second-order valence-corrected chi connectivity index (χ2v) is 10.5. The summed E-state index contributed by atoms with van der Waals surface area (Å²) >= 11 is 7.59. The van der Waals surface area contributed by atoms with Crippen LogP contribution in [0.4, 0.5) is 10.7 Å². The van der Waals surface area contributed by atoms with Gasteiger partial charge in [0.1, 0.15) is 0 Å². The topological polar surface area (TPSA) is 46.3 Å². The average molecular weight is 481 g/mol. The molecule has 2 heterocycles. The standard InChI is InChI=1S/C28H33ClN2OS/c1-2-25-24(26(28(30)33-25)27(32)21-13-15-22(29)16-14-21)12-6-8-20-9-7-18-31(19-17-20)23-10-4-3-5-11-23/h3-5,10-11,13-16,20H,2,6-9,12,17-19,30H2,1H3. The van der Waals surface area contributed by atoms with E-state index in [9.17, 15) is 4.79 Å². The van der Waals surface area contributed by atoms with Gasteiger partial charge in [0.25, 0.3) is 0 Å². The third kappa shape index (κ3) is 5.80. The summed E-state index contributed by atoms with van der Waals surface area (Å²) in [5.41, 5.74) is 10.2. The summed E-state index contributed by atoms with van der Waals surface area (Å²) in [6.07, 6.45) is 7.89. The van der Waals surface area contributed by atoms with Crippen LogP contribution in [-0.2, 0) is 12.8 Å². The molecule has 1 aliphatic rings. The zero-order valence-corrected chi connectivity index (χ0v) is 20.9. The molecular weight excluding hydrogens is 448 g/mol. The lowest BCUT2D eigenvalue weighted by Crippen LogP contribution is -2.24. The Bertz CT molecular complexity index is 1060. The number of para-hydroxylation sites is 1. The van der Waals surface area contributed by atoms with E-state index < -0.39 is 0 Å². The fraction of sp³-hybridized carbons (Fsp3) is 0.393. The van der Waals surface area contributed by atoms with Crippen molar-refractivity contribution in [1.29, 1.82) is 0 Å². The van der Waals surface area contributed by atoms with E-state index in [4.69, 9.17) is 17.3 Å². The van der Waals surface area contributed by atoms with Crippen molar-refractivity contribution < 1.29 is 4.79 Å². The highest BCUT2D eigenvalue weighted by Crippen LogP contribution is 2.35. The van der Waals surface area contributed by atoms with Gasteiger partial charge < -0.3 is 10.6 Å². The summed E-state index contributed by atoms with van der Waals surface area (Å²) < 4.78 is 0. The van der Waals surface area contributed by atoms with Gasteiger partial charge in [-0.1, -0.05) is 43.1 Å². The molecule has 1 aliphatic heterocycles. The molecule has 0 aliphatic carbocycles. The molecule has 0 bridgehead atoms. The number of carbonyl (C=O) groups excluding carboxylic acids is 1. The number of nitrogens with zero attached hydrogens (tertiary/aromatic N) is 1. The maximum Gasteiger partial charge on any atom is 0.196 e. The lowest BCUT2D eigenvalue weighted by atomic mass is 9.91. The number of thiophene rings is 1. The maximum absolute atomic E-state index is 13.3. The lowest BCUT2D eigenvalue weighted by molar-refractivity contribution is 0.103. The quantitative estimate of drug-likeness (QED) is 0.341. The van der Waals surface area contributed by atoms with Crippen molar-refractivity contribution in [1.82, 2.24) is 0 Å². The maximum atomic E-state index is 13.3. The molecule has 5 heteroatoms. The summed E-state index contributed by atoms with van der Waals surface area (Å²) in [6.45, 7) is 4.41. The van der Waals surface area contributed by atoms with Crippen molar-refractivity contribution in [2.45, 2.75) is 51.9 Å². The molecular formula is C28H33ClN2OS. The van der Waals surface area contributed by atoms with Crippen molar-refractivity contribution in [3.05, 3.63) is 81.2 Å². The van der Waals surface area contributed by atoms with E-state index in [1.807, 2.05) is 0 Å². The third-order valence-corrected chi connectivity index (χ3v) is 8.24. The van der Waals surface area contributed by atoms with Crippen LogP contribution in [0.5, 0.6) is 0 Å². The first-order chi connectivity index (χ1) is 16.1. The molecule has 174 valence electrons. The van der Waals surface area contributed by atoms with E-state index >= 15 is 0 Å². The van der Waals surface area contributed by atoms with E-state index in [0.29, 0.717) is 15.6 Å². The van der Waals surface area contributed by atoms with Gasteiger partial charge >= 0.3 is 0 Å². The molecule has 0 radical (unpaired) electrons. The Kier molecular flexibility index (Phi) is 8.11. The fourth-order valence-electron chi connectivity index (χ4n) is 5.00. The number of halogens is 1. The summed E-state index contributed by atoms with van der Waals surface area (Å²) in [6, 6.07) is 17.9. The molecule has 33 heavy (non-hydrogen) atoms. The molecule has 4 rings (SSSR count). The molecule has 2 N–H and O–H groups in total. The Balaban J connectivity index is 1.40. The Labute approximate surface area is 206 Å². The molecule has 3 nitrogen and oxygen atoms in total. The summed E-state index contributed by atoms with van der Waals surface area (Å²) in [5, 5.41) is 1.28. The van der Waals surface area contributed by atoms with Crippen LogP contribution in [0, 0.1) is 5.92 Å². The molecule has 1 saturated heterocycles. The van der Waals surface area contributed by atoms with Crippen LogP contribution >= 0.6 is 22.9 Å². The zero-order chi connectivity index (χ0) is 23.2. The van der Waals surface area contributed by atoms with Crippen LogP contribution in [0.3, 0.4) is 0 Å². The van der Waals surface area contributed by atoms with Gasteiger partial charge in [0, 0.05) is 34.2 Å². The van der Waals surface area contributed by atoms with Gasteiger partial charge in [0.15, 0.2) is 5.78 Å². The number of carbonyl (C=O) groups is 1. The molecule has 0 amide bonds. The van der Waals surface area contributed by atoms with Crippen molar-refractivity contribution >= 4 is 39.4 Å². The number of ketones is 1. The number of nitrogen functional groups attached to an aromatic ring is 1. The highest BCUT2D eigenvalue weighted by atomic mass is 35.5. The molecule has 3 aromatic rings. The number of rotatable bonds is 8. The first-order valence-corrected chi connectivity index (χ1v) is 13.3. The number of anilines is 2. The van der Waals surface area contributed by atoms with Gasteiger partial charge in [0.2, 0.25) is 0 Å². The van der Waals surface area contributed by atoms with Crippen molar-refractivity contribution in [2.75, 3.05) is 23.7 Å². The second-order valence-electron chi connectivity index (χ2n) is 8.94. The Morgan fingerprint density at radius 1 is 1.09 bits per heavy atom. The highest BCUT2D eigenvalue weighted by molar-refractivity contribution is 7.16. The van der Waals surface area contributed by atoms with Crippen LogP contribution < -0.4 is 10.6 Å². The minimum atomic E-state index is 0.0167. The molecule has 0 saturated carbocycles. The molecule has 1 aromatic heterocycles. The summed E-state index contributed by atoms with van der Waals surface area (Å²) in [5.74, 6) is 0.762. The number of nitrogens with two attached hydrogens (primary N) is 1. The number of aryl methyl sites for hydroxylation is 1. The normalized spacial score (nSPS) is 16.5. The minimum absolute atomic E-state index is 0.0167. The first kappa shape index (κ1) is 23.8. The fourth-order valence-corrected chi connectivity index (χ4v) is 6.18. The van der Waals surface area contributed by atoms with Crippen molar-refractivity contribution in [2.24, 2.45) is 5.92 Å². The summed E-state index contributed by atoms with van der Waals surface area (Å²) in [4.78, 5) is 17.1. The zero-order valence-electron chi connectivity index (χ0n) is 19.4. The van der Waals surface area contributed by atoms with E-state index in [2.05, 4.69) is 42.2 Å². The second kappa shape index (κ2) is 11.2. The molecule has 1 fully saturated rings. The smallest absolute Gasteiger partial charge is 0.196 e. The Morgan fingerprint density at radius 2 is 1.85 bits per heavy atom. The van der Waals surface area contributed by atoms with Crippen molar-refractivity contribution in [3.8, 4) is 0 Å². The van der Waals surface area contributed by atoms with E-state index in [1.165, 1.54) is 41.8 Å². The van der Waals surface area contributed by atoms with Gasteiger partial charge in [-0.05, 0) is 86.4 Å². The average Bonchev–Trinajstić information content (AvgIpc) is 2.99. The molecule has 1 atom stereocenters. The number of hydrogen-bond donors (Lipinski definition) is 1. The highest BCUT2D eigenvalue weighted by Gasteiger charge is 2.23. The monoisotopic (exact) mass is 480 g/mol. The minimum Gasteiger partial charge on any atom is -0.390 e. The Morgan fingerprint density at radius 3 is 2.58 bits per heavy atom. The molecule has 0 spiro atoms. The van der Waals surface area contributed by atoms with E-state index in [0.717, 1.165) is 43.8 Å². The van der Waals surface area contributed by atoms with Crippen LogP contribution in [0.15, 0.2) is 54.6 Å². The van der Waals surface area contributed by atoms with Gasteiger partial charge in [0.05, 0.1) is 10.6 Å². The van der Waals surface area contributed by atoms with Gasteiger partial charge in [-0.2, -0.15) is 0 Å². The van der Waals surface area contributed by atoms with Crippen LogP contribution in [0.1, 0.15) is 65.4 Å². The number of hydrogen-bond acceptors (Lipinski definition) is 4. The molecule has 2 aromatic carbocycles. The summed E-state index contributed by atoms with van der Waals surface area (Å²) in [7, 11) is 0. The number of benzene rings is 2. The lowest BCUT2D eigenvalue weighted by Gasteiger charge is -2.22. The van der Waals surface area contributed by atoms with Crippen molar-refractivity contribution in [3.63, 3.8) is 0 Å². The van der Waals surface area contributed by atoms with E-state index in [-0.39, 0.29) is 5.78 Å². The van der Waals surface area contributed by atoms with Crippen LogP contribution in [-0.4, -0.2) is 18.9 Å². The first-order valence-electron chi connectivity index (χ1n) is 12.1. The predicted octanol–water partition coefficient (Wildman–Crippen LogP) is 7.41.